The molecule has 4 atom stereocenters. The Morgan fingerprint density at radius 2 is 2.36 bits per heavy atom. The molecule has 1 aliphatic carbocycles. The number of aliphatic carboxylic acids is 1. The van der Waals surface area contributed by atoms with Crippen molar-refractivity contribution in [1.29, 1.82) is 0 Å². The molecule has 0 bridgehead atoms. The van der Waals surface area contributed by atoms with Gasteiger partial charge in [-0.3, -0.25) is 9.58 Å². The zero-order valence-electron chi connectivity index (χ0n) is 7.14. The normalized spacial score (nSPS) is 52.2. The molecule has 0 aromatic carbocycles. The fourth-order valence-corrected chi connectivity index (χ4v) is 2.22. The molecule has 0 aromatic rings. The van der Waals surface area contributed by atoms with Crippen LogP contribution in [0.5, 0.6) is 0 Å². The molecule has 1 N–H and O–H groups in total. The zero-order chi connectivity index (χ0) is 9.97. The van der Waals surface area contributed by atoms with Gasteiger partial charge in [0.2, 0.25) is 6.10 Å². The molecule has 4 unspecified atom stereocenters. The zero-order valence-corrected chi connectivity index (χ0v) is 7.14. The lowest BCUT2D eigenvalue weighted by Gasteiger charge is -2.01. The van der Waals surface area contributed by atoms with Crippen molar-refractivity contribution in [3.05, 3.63) is 23.6 Å². The maximum absolute atomic E-state index is 10.3. The summed E-state index contributed by atoms with van der Waals surface area (Å²) in [6.45, 7) is 6.96. The molecule has 3 fully saturated rings. The van der Waals surface area contributed by atoms with Crippen LogP contribution < -0.4 is 0 Å². The highest BCUT2D eigenvalue weighted by Crippen LogP contribution is 2.66. The number of carboxylic acids is 1. The maximum Gasteiger partial charge on any atom is 0.370 e. The van der Waals surface area contributed by atoms with Gasteiger partial charge in [-0.1, -0.05) is 0 Å². The molecule has 2 heterocycles. The van der Waals surface area contributed by atoms with Crippen LogP contribution in [-0.4, -0.2) is 34.6 Å². The average Bonchev–Trinajstić information content (AvgIpc) is 3.01. The number of carboxylic acid groups (broad SMARTS) is 1. The van der Waals surface area contributed by atoms with Crippen LogP contribution >= 0.6 is 0 Å². The van der Waals surface area contributed by atoms with Crippen molar-refractivity contribution >= 4 is 5.97 Å². The monoisotopic (exact) mass is 193 g/mol. The molecule has 3 aliphatic rings. The molecule has 14 heavy (non-hydrogen) atoms. The summed E-state index contributed by atoms with van der Waals surface area (Å²) in [5, 5.41) is 8.47. The lowest BCUT2D eigenvalue weighted by Crippen LogP contribution is -2.15. The van der Waals surface area contributed by atoms with E-state index >= 15 is 0 Å². The molecule has 2 aliphatic heterocycles. The summed E-state index contributed by atoms with van der Waals surface area (Å²) in [5.41, 5.74) is -1.22. The van der Waals surface area contributed by atoms with Crippen molar-refractivity contribution in [2.24, 2.45) is 0 Å². The first-order valence-electron chi connectivity index (χ1n) is 4.28. The van der Waals surface area contributed by atoms with Crippen molar-refractivity contribution in [3.8, 4) is 0 Å². The third-order valence-corrected chi connectivity index (χ3v) is 2.99. The third kappa shape index (κ3) is 0.775. The molecule has 1 saturated carbocycles. The summed E-state index contributed by atoms with van der Waals surface area (Å²) >= 11 is 0. The van der Waals surface area contributed by atoms with E-state index in [4.69, 9.17) is 21.2 Å². The van der Waals surface area contributed by atoms with Crippen molar-refractivity contribution in [2.45, 2.75) is 30.0 Å². The van der Waals surface area contributed by atoms with E-state index in [0.29, 0.717) is 6.42 Å². The third-order valence-electron chi connectivity index (χ3n) is 2.99. The van der Waals surface area contributed by atoms with Gasteiger partial charge in [0, 0.05) is 6.08 Å². The van der Waals surface area contributed by atoms with Gasteiger partial charge in [0.15, 0.2) is 0 Å². The number of hydrogen-bond acceptors (Lipinski definition) is 3. The standard InChI is InChI=1S/C9H7NO4/c1-10-9-4-8(3-2-5(11)12)6(13-8)7(9)14-9/h2-3,6-7H,4H2,(H,11,12). The summed E-state index contributed by atoms with van der Waals surface area (Å²) in [6.07, 6.45) is 2.82. The van der Waals surface area contributed by atoms with E-state index in [2.05, 4.69) is 4.85 Å². The molecule has 5 heteroatoms. The van der Waals surface area contributed by atoms with Gasteiger partial charge in [-0.2, -0.15) is 0 Å². The van der Waals surface area contributed by atoms with Crippen LogP contribution in [0.4, 0.5) is 0 Å². The Labute approximate surface area is 79.7 Å². The van der Waals surface area contributed by atoms with Gasteiger partial charge in [-0.25, -0.2) is 11.4 Å². The van der Waals surface area contributed by atoms with Gasteiger partial charge < -0.3 is 9.84 Å². The SMILES string of the molecule is [C-]#[N+]C12CC3(C=CC(=O)O)OC3C1O2. The number of epoxide rings is 2. The number of rotatable bonds is 2. The molecule has 2 saturated heterocycles. The van der Waals surface area contributed by atoms with E-state index in [1.54, 1.807) is 0 Å². The lowest BCUT2D eigenvalue weighted by molar-refractivity contribution is -0.131. The Morgan fingerprint density at radius 3 is 2.93 bits per heavy atom. The molecule has 0 amide bonds. The summed E-state index contributed by atoms with van der Waals surface area (Å²) in [7, 11) is 0. The highest BCUT2D eigenvalue weighted by atomic mass is 16.7. The molecule has 3 rings (SSSR count). The first-order valence-corrected chi connectivity index (χ1v) is 4.28. The second kappa shape index (κ2) is 2.00. The van der Waals surface area contributed by atoms with Crippen LogP contribution in [0.1, 0.15) is 6.42 Å². The van der Waals surface area contributed by atoms with Gasteiger partial charge in [-0.15, -0.1) is 0 Å². The molecule has 0 radical (unpaired) electrons. The van der Waals surface area contributed by atoms with Gasteiger partial charge in [0.05, 0.1) is 6.42 Å². The van der Waals surface area contributed by atoms with Gasteiger partial charge in [0.25, 0.3) is 0 Å². The minimum absolute atomic E-state index is 0.104. The largest absolute Gasteiger partial charge is 0.478 e. The van der Waals surface area contributed by atoms with E-state index in [1.165, 1.54) is 6.08 Å². The van der Waals surface area contributed by atoms with Crippen LogP contribution in [0.2, 0.25) is 0 Å². The minimum atomic E-state index is -0.994. The molecule has 0 aromatic heterocycles. The van der Waals surface area contributed by atoms with Crippen molar-refractivity contribution in [1.82, 2.24) is 0 Å². The highest BCUT2D eigenvalue weighted by Gasteiger charge is 2.88. The maximum atomic E-state index is 10.3. The second-order valence-electron chi connectivity index (χ2n) is 3.84. The Hall–Kier alpha value is -1.38. The predicted molar refractivity (Wildman–Crippen MR) is 43.2 cm³/mol. The van der Waals surface area contributed by atoms with Crippen LogP contribution in [0, 0.1) is 6.57 Å². The van der Waals surface area contributed by atoms with Crippen LogP contribution in [0.25, 0.3) is 4.85 Å². The molecule has 72 valence electrons. The van der Waals surface area contributed by atoms with Gasteiger partial charge in [-0.05, 0) is 6.08 Å². The fraction of sp³-hybridized carbons (Fsp3) is 0.556. The summed E-state index contributed by atoms with van der Waals surface area (Å²) in [5.74, 6) is -0.994. The van der Waals surface area contributed by atoms with E-state index in [9.17, 15) is 4.79 Å². The van der Waals surface area contributed by atoms with Crippen molar-refractivity contribution in [3.63, 3.8) is 0 Å². The highest BCUT2D eigenvalue weighted by molar-refractivity contribution is 5.80. The number of carbonyl (C=O) groups is 1. The van der Waals surface area contributed by atoms with E-state index < -0.39 is 17.3 Å². The van der Waals surface area contributed by atoms with E-state index in [1.807, 2.05) is 0 Å². The van der Waals surface area contributed by atoms with Gasteiger partial charge >= 0.3 is 11.7 Å². The van der Waals surface area contributed by atoms with E-state index in [0.717, 1.165) is 6.08 Å². The summed E-state index contributed by atoms with van der Waals surface area (Å²) in [6, 6.07) is 0. The van der Waals surface area contributed by atoms with Crippen LogP contribution in [-0.2, 0) is 14.3 Å². The minimum Gasteiger partial charge on any atom is -0.478 e. The first-order chi connectivity index (χ1) is 6.62. The average molecular weight is 193 g/mol. The Balaban J connectivity index is 1.80. The predicted octanol–water partition coefficient (Wildman–Crippen LogP) is 0.183. The van der Waals surface area contributed by atoms with Crippen LogP contribution in [0.3, 0.4) is 0 Å². The quantitative estimate of drug-likeness (QED) is 0.386. The first kappa shape index (κ1) is 7.97. The number of ether oxygens (including phenoxy) is 2. The molecule has 5 nitrogen and oxygen atoms in total. The number of hydrogen-bond donors (Lipinski definition) is 1. The summed E-state index contributed by atoms with van der Waals surface area (Å²) in [4.78, 5) is 13.7. The molecule has 0 spiro atoms. The Bertz CT molecular complexity index is 398. The topological polar surface area (TPSA) is 66.7 Å². The number of fused-ring (bicyclic) bond motifs is 3. The van der Waals surface area contributed by atoms with E-state index in [-0.39, 0.29) is 12.2 Å². The smallest absolute Gasteiger partial charge is 0.370 e. The molecular weight excluding hydrogens is 186 g/mol. The van der Waals surface area contributed by atoms with Gasteiger partial charge in [0.1, 0.15) is 11.7 Å². The fourth-order valence-electron chi connectivity index (χ4n) is 2.22. The lowest BCUT2D eigenvalue weighted by atomic mass is 10.1. The van der Waals surface area contributed by atoms with Crippen molar-refractivity contribution in [2.75, 3.05) is 0 Å². The van der Waals surface area contributed by atoms with Crippen molar-refractivity contribution < 1.29 is 19.4 Å². The van der Waals surface area contributed by atoms with Crippen LogP contribution in [0.15, 0.2) is 12.2 Å². The molecular formula is C9H7NO4. The Kier molecular flexibility index (Phi) is 1.14. The Morgan fingerprint density at radius 1 is 1.57 bits per heavy atom. The summed E-state index contributed by atoms with van der Waals surface area (Å²) < 4.78 is 10.6. The second-order valence-corrected chi connectivity index (χ2v) is 3.84. The number of nitrogens with zero attached hydrogens (tertiary/aromatic N) is 1.